The summed E-state index contributed by atoms with van der Waals surface area (Å²) in [5, 5.41) is 0. The van der Waals surface area contributed by atoms with Crippen molar-refractivity contribution in [2.45, 2.75) is 93.5 Å². The molecule has 2 nitrogen and oxygen atoms in total. The Morgan fingerprint density at radius 3 is 1.14 bits per heavy atom. The summed E-state index contributed by atoms with van der Waals surface area (Å²) in [7, 11) is 0. The van der Waals surface area contributed by atoms with E-state index in [1.165, 1.54) is 12.8 Å². The molecule has 0 aliphatic heterocycles. The summed E-state index contributed by atoms with van der Waals surface area (Å²) < 4.78 is 0. The lowest BCUT2D eigenvalue weighted by atomic mass is 9.58. The largest absolute Gasteiger partial charge is 0.271 e. The quantitative estimate of drug-likeness (QED) is 0.420. The van der Waals surface area contributed by atoms with Crippen molar-refractivity contribution in [3.8, 4) is 0 Å². The number of hydrogen-bond acceptors (Lipinski definition) is 2. The SMILES string of the molecule is CC(C)CC(C)(CC(C)C)C(CC(C)C)(CC(C)C)NN. The van der Waals surface area contributed by atoms with Gasteiger partial charge in [0.2, 0.25) is 0 Å². The Labute approximate surface area is 134 Å². The number of nitrogens with one attached hydrogen (secondary N) is 1. The van der Waals surface area contributed by atoms with Crippen molar-refractivity contribution in [3.63, 3.8) is 0 Å². The van der Waals surface area contributed by atoms with E-state index in [9.17, 15) is 0 Å². The number of nitrogens with two attached hydrogens (primary N) is 1. The van der Waals surface area contributed by atoms with Crippen LogP contribution in [0.5, 0.6) is 0 Å². The summed E-state index contributed by atoms with van der Waals surface area (Å²) in [5.74, 6) is 8.88. The molecule has 3 N–H and O–H groups in total. The zero-order chi connectivity index (χ0) is 16.8. The first-order valence-electron chi connectivity index (χ1n) is 8.95. The highest BCUT2D eigenvalue weighted by molar-refractivity contribution is 5.03. The van der Waals surface area contributed by atoms with Gasteiger partial charge in [0.05, 0.1) is 0 Å². The van der Waals surface area contributed by atoms with Crippen LogP contribution in [-0.4, -0.2) is 5.54 Å². The second kappa shape index (κ2) is 8.53. The molecule has 0 fully saturated rings. The van der Waals surface area contributed by atoms with E-state index in [1.807, 2.05) is 0 Å². The van der Waals surface area contributed by atoms with Gasteiger partial charge in [-0.25, -0.2) is 0 Å². The van der Waals surface area contributed by atoms with Gasteiger partial charge in [-0.05, 0) is 54.8 Å². The third-order valence-corrected chi connectivity index (χ3v) is 4.66. The van der Waals surface area contributed by atoms with Crippen LogP contribution in [0.3, 0.4) is 0 Å². The topological polar surface area (TPSA) is 38.0 Å². The highest BCUT2D eigenvalue weighted by Gasteiger charge is 2.48. The van der Waals surface area contributed by atoms with E-state index < -0.39 is 0 Å². The molecule has 128 valence electrons. The zero-order valence-electron chi connectivity index (χ0n) is 16.2. The smallest absolute Gasteiger partial charge is 0.0379 e. The van der Waals surface area contributed by atoms with Gasteiger partial charge in [0, 0.05) is 5.54 Å². The van der Waals surface area contributed by atoms with Gasteiger partial charge in [-0.2, -0.15) is 0 Å². The third-order valence-electron chi connectivity index (χ3n) is 4.66. The van der Waals surface area contributed by atoms with E-state index in [1.54, 1.807) is 0 Å². The minimum atomic E-state index is 0.0316. The van der Waals surface area contributed by atoms with Gasteiger partial charge in [0.15, 0.2) is 0 Å². The van der Waals surface area contributed by atoms with E-state index in [-0.39, 0.29) is 11.0 Å². The minimum Gasteiger partial charge on any atom is -0.271 e. The molecule has 0 heterocycles. The molecule has 0 aromatic rings. The molecule has 0 spiro atoms. The summed E-state index contributed by atoms with van der Waals surface area (Å²) in [4.78, 5) is 0. The monoisotopic (exact) mass is 298 g/mol. The molecule has 0 aliphatic carbocycles. The van der Waals surface area contributed by atoms with Crippen LogP contribution in [0.1, 0.15) is 88.0 Å². The molecule has 0 saturated carbocycles. The summed E-state index contributed by atoms with van der Waals surface area (Å²) in [6, 6.07) is 0. The molecular formula is C19H42N2. The van der Waals surface area contributed by atoms with Crippen LogP contribution < -0.4 is 11.3 Å². The van der Waals surface area contributed by atoms with Crippen molar-refractivity contribution >= 4 is 0 Å². The van der Waals surface area contributed by atoms with Crippen molar-refractivity contribution in [2.24, 2.45) is 34.9 Å². The Bertz CT molecular complexity index is 259. The Balaban J connectivity index is 5.71. The first kappa shape index (κ1) is 20.9. The van der Waals surface area contributed by atoms with E-state index in [2.05, 4.69) is 67.7 Å². The maximum atomic E-state index is 6.19. The molecule has 0 aromatic carbocycles. The van der Waals surface area contributed by atoms with Gasteiger partial charge in [-0.1, -0.05) is 62.3 Å². The van der Waals surface area contributed by atoms with Gasteiger partial charge in [0.1, 0.15) is 0 Å². The van der Waals surface area contributed by atoms with E-state index >= 15 is 0 Å². The van der Waals surface area contributed by atoms with Crippen molar-refractivity contribution in [1.82, 2.24) is 5.43 Å². The first-order chi connectivity index (χ1) is 9.48. The fraction of sp³-hybridized carbons (Fsp3) is 1.00. The van der Waals surface area contributed by atoms with E-state index in [0.717, 1.165) is 12.8 Å². The number of hydrogen-bond donors (Lipinski definition) is 2. The summed E-state index contributed by atoms with van der Waals surface area (Å²) >= 11 is 0. The second-order valence-corrected chi connectivity index (χ2v) is 9.18. The lowest BCUT2D eigenvalue weighted by Crippen LogP contribution is -2.62. The second-order valence-electron chi connectivity index (χ2n) is 9.18. The molecule has 21 heavy (non-hydrogen) atoms. The Hall–Kier alpha value is -0.0800. The van der Waals surface area contributed by atoms with Crippen LogP contribution in [0, 0.1) is 29.1 Å². The summed E-state index contributed by atoms with van der Waals surface area (Å²) in [6.07, 6.45) is 4.76. The standard InChI is InChI=1S/C19H42N2/c1-14(2)10-18(9,11-15(3)4)19(21-20,12-16(5)6)13-17(7)8/h14-17,21H,10-13,20H2,1-9H3. The minimum absolute atomic E-state index is 0.0316. The lowest BCUT2D eigenvalue weighted by molar-refractivity contribution is 0.0175. The molecule has 0 bridgehead atoms. The van der Waals surface area contributed by atoms with Gasteiger partial charge in [0.25, 0.3) is 0 Å². The van der Waals surface area contributed by atoms with Crippen LogP contribution in [0.4, 0.5) is 0 Å². The molecule has 0 saturated heterocycles. The van der Waals surface area contributed by atoms with Crippen LogP contribution in [-0.2, 0) is 0 Å². The van der Waals surface area contributed by atoms with Crippen LogP contribution in [0.15, 0.2) is 0 Å². The first-order valence-corrected chi connectivity index (χ1v) is 8.95. The Morgan fingerprint density at radius 1 is 0.667 bits per heavy atom. The highest BCUT2D eigenvalue weighted by Crippen LogP contribution is 2.48. The molecule has 2 heteroatoms. The fourth-order valence-corrected chi connectivity index (χ4v) is 4.54. The van der Waals surface area contributed by atoms with Crippen molar-refractivity contribution in [1.29, 1.82) is 0 Å². The molecular weight excluding hydrogens is 256 g/mol. The number of rotatable bonds is 10. The third kappa shape index (κ3) is 6.28. The van der Waals surface area contributed by atoms with Gasteiger partial charge in [-0.15, -0.1) is 0 Å². The molecule has 0 unspecified atom stereocenters. The predicted octanol–water partition coefficient (Wildman–Crippen LogP) is 5.38. The van der Waals surface area contributed by atoms with Gasteiger partial charge >= 0.3 is 0 Å². The fourth-order valence-electron chi connectivity index (χ4n) is 4.54. The lowest BCUT2D eigenvalue weighted by Gasteiger charge is -2.52. The highest BCUT2D eigenvalue weighted by atomic mass is 15.3. The predicted molar refractivity (Wildman–Crippen MR) is 96.0 cm³/mol. The van der Waals surface area contributed by atoms with E-state index in [4.69, 9.17) is 5.84 Å². The maximum absolute atomic E-state index is 6.19. The van der Waals surface area contributed by atoms with Crippen molar-refractivity contribution in [2.75, 3.05) is 0 Å². The van der Waals surface area contributed by atoms with Gasteiger partial charge in [-0.3, -0.25) is 11.3 Å². The van der Waals surface area contributed by atoms with Gasteiger partial charge < -0.3 is 0 Å². The molecule has 0 atom stereocenters. The Morgan fingerprint density at radius 2 is 0.952 bits per heavy atom. The molecule has 0 aromatic heterocycles. The Kier molecular flexibility index (Phi) is 8.49. The molecule has 0 rings (SSSR count). The zero-order valence-corrected chi connectivity index (χ0v) is 16.2. The van der Waals surface area contributed by atoms with Crippen molar-refractivity contribution < 1.29 is 0 Å². The molecule has 0 aliphatic rings. The maximum Gasteiger partial charge on any atom is 0.0379 e. The van der Waals surface area contributed by atoms with Crippen LogP contribution >= 0.6 is 0 Å². The normalized spacial score (nSPS) is 14.0. The van der Waals surface area contributed by atoms with E-state index in [0.29, 0.717) is 23.7 Å². The van der Waals surface area contributed by atoms with Crippen LogP contribution in [0.25, 0.3) is 0 Å². The van der Waals surface area contributed by atoms with Crippen molar-refractivity contribution in [3.05, 3.63) is 0 Å². The van der Waals surface area contributed by atoms with Crippen LogP contribution in [0.2, 0.25) is 0 Å². The summed E-state index contributed by atoms with van der Waals surface area (Å²) in [5.41, 5.74) is 3.60. The average Bonchev–Trinajstić information content (AvgIpc) is 2.23. The summed E-state index contributed by atoms with van der Waals surface area (Å²) in [6.45, 7) is 21.1. The average molecular weight is 299 g/mol. The molecule has 0 radical (unpaired) electrons. The number of hydrazine groups is 1. The molecule has 0 amide bonds.